The van der Waals surface area contributed by atoms with E-state index >= 15 is 0 Å². The van der Waals surface area contributed by atoms with Gasteiger partial charge in [0.2, 0.25) is 11.9 Å². The van der Waals surface area contributed by atoms with Crippen LogP contribution in [0, 0.1) is 5.82 Å². The summed E-state index contributed by atoms with van der Waals surface area (Å²) in [7, 11) is 0. The number of carbonyl (C=O) groups excluding carboxylic acids is 1. The van der Waals surface area contributed by atoms with Crippen molar-refractivity contribution in [1.29, 1.82) is 0 Å². The number of hydrogen-bond donors (Lipinski definition) is 1. The van der Waals surface area contributed by atoms with Crippen molar-refractivity contribution in [2.75, 3.05) is 42.3 Å². The molecule has 0 aliphatic carbocycles. The van der Waals surface area contributed by atoms with Crippen molar-refractivity contribution >= 4 is 40.9 Å². The number of aromatic nitrogens is 3. The van der Waals surface area contributed by atoms with Crippen LogP contribution in [0.3, 0.4) is 0 Å². The molecule has 0 saturated carbocycles. The van der Waals surface area contributed by atoms with Crippen LogP contribution in [0.25, 0.3) is 5.69 Å². The van der Waals surface area contributed by atoms with E-state index in [0.29, 0.717) is 53.8 Å². The van der Waals surface area contributed by atoms with Gasteiger partial charge in [0.25, 0.3) is 0 Å². The maximum atomic E-state index is 13.9. The summed E-state index contributed by atoms with van der Waals surface area (Å²) in [5.41, 5.74) is 1.26. The maximum Gasteiger partial charge on any atom is 0.234 e. The molecule has 30 heavy (non-hydrogen) atoms. The van der Waals surface area contributed by atoms with Crippen LogP contribution in [0.15, 0.2) is 53.7 Å². The van der Waals surface area contributed by atoms with Crippen molar-refractivity contribution in [2.45, 2.75) is 5.16 Å². The molecule has 3 aromatic rings. The Morgan fingerprint density at radius 1 is 1.17 bits per heavy atom. The van der Waals surface area contributed by atoms with Gasteiger partial charge in [0.15, 0.2) is 5.16 Å². The quantitative estimate of drug-likeness (QED) is 0.582. The van der Waals surface area contributed by atoms with Gasteiger partial charge in [-0.05, 0) is 42.5 Å². The van der Waals surface area contributed by atoms with Gasteiger partial charge >= 0.3 is 0 Å². The fraction of sp³-hybridized carbons (Fsp3) is 0.250. The molecular weight excluding hydrogens is 429 g/mol. The summed E-state index contributed by atoms with van der Waals surface area (Å²) in [4.78, 5) is 14.4. The van der Waals surface area contributed by atoms with Crippen molar-refractivity contribution in [3.63, 3.8) is 0 Å². The molecule has 1 aliphatic rings. The molecule has 4 rings (SSSR count). The maximum absolute atomic E-state index is 13.9. The zero-order valence-electron chi connectivity index (χ0n) is 15.9. The Morgan fingerprint density at radius 3 is 2.67 bits per heavy atom. The van der Waals surface area contributed by atoms with Gasteiger partial charge < -0.3 is 15.0 Å². The van der Waals surface area contributed by atoms with E-state index in [-0.39, 0.29) is 17.5 Å². The average Bonchev–Trinajstić information content (AvgIpc) is 3.19. The molecule has 2 heterocycles. The van der Waals surface area contributed by atoms with Gasteiger partial charge in [-0.2, -0.15) is 0 Å². The number of rotatable bonds is 6. The highest BCUT2D eigenvalue weighted by Crippen LogP contribution is 2.27. The molecule has 2 aromatic carbocycles. The van der Waals surface area contributed by atoms with E-state index in [0.717, 1.165) is 0 Å². The van der Waals surface area contributed by atoms with Gasteiger partial charge in [-0.25, -0.2) is 4.39 Å². The predicted molar refractivity (Wildman–Crippen MR) is 115 cm³/mol. The second-order valence-corrected chi connectivity index (χ2v) is 7.92. The minimum absolute atomic E-state index is 0.124. The van der Waals surface area contributed by atoms with Crippen molar-refractivity contribution in [1.82, 2.24) is 14.8 Å². The largest absolute Gasteiger partial charge is 0.378 e. The number of thioether (sulfide) groups is 1. The second kappa shape index (κ2) is 9.46. The molecule has 1 N–H and O–H groups in total. The van der Waals surface area contributed by atoms with E-state index in [1.54, 1.807) is 41.0 Å². The number of nitrogens with one attached hydrogen (secondary N) is 1. The van der Waals surface area contributed by atoms with Gasteiger partial charge in [-0.3, -0.25) is 9.36 Å². The molecule has 1 saturated heterocycles. The molecule has 0 bridgehead atoms. The van der Waals surface area contributed by atoms with E-state index in [2.05, 4.69) is 15.5 Å². The Labute approximate surface area is 182 Å². The number of morpholine rings is 1. The van der Waals surface area contributed by atoms with Crippen LogP contribution < -0.4 is 10.2 Å². The monoisotopic (exact) mass is 447 g/mol. The number of benzene rings is 2. The first-order valence-corrected chi connectivity index (χ1v) is 10.7. The molecule has 0 unspecified atom stereocenters. The van der Waals surface area contributed by atoms with Crippen LogP contribution in [0.4, 0.5) is 16.0 Å². The number of anilines is 2. The lowest BCUT2D eigenvalue weighted by molar-refractivity contribution is -0.113. The summed E-state index contributed by atoms with van der Waals surface area (Å²) in [6.07, 6.45) is 0. The Hall–Kier alpha value is -2.62. The third kappa shape index (κ3) is 4.92. The lowest BCUT2D eigenvalue weighted by Gasteiger charge is -2.27. The highest BCUT2D eigenvalue weighted by molar-refractivity contribution is 7.99. The van der Waals surface area contributed by atoms with Gasteiger partial charge in [0.05, 0.1) is 24.7 Å². The van der Waals surface area contributed by atoms with Crippen molar-refractivity contribution in [2.24, 2.45) is 0 Å². The molecule has 10 heteroatoms. The predicted octanol–water partition coefficient (Wildman–Crippen LogP) is 3.63. The van der Waals surface area contributed by atoms with Gasteiger partial charge in [0.1, 0.15) is 5.82 Å². The Kier molecular flexibility index (Phi) is 6.51. The summed E-state index contributed by atoms with van der Waals surface area (Å²) in [5.74, 6) is 0.179. The summed E-state index contributed by atoms with van der Waals surface area (Å²) < 4.78 is 21.1. The normalized spacial score (nSPS) is 14.0. The van der Waals surface area contributed by atoms with Crippen molar-refractivity contribution in [3.05, 3.63) is 59.4 Å². The molecule has 1 aromatic heterocycles. The standard InChI is InChI=1S/C20H19ClFN5O2S/c21-14-4-6-16(7-5-14)23-18(28)13-30-20-25-24-19(26-8-10-29-11-9-26)27(20)17-3-1-2-15(22)12-17/h1-7,12H,8-11,13H2,(H,23,28). The van der Waals surface area contributed by atoms with Crippen LogP contribution in [-0.4, -0.2) is 52.7 Å². The molecule has 156 valence electrons. The third-order valence-electron chi connectivity index (χ3n) is 4.44. The molecule has 0 radical (unpaired) electrons. The Morgan fingerprint density at radius 2 is 1.93 bits per heavy atom. The first-order valence-electron chi connectivity index (χ1n) is 9.32. The summed E-state index contributed by atoms with van der Waals surface area (Å²) in [6.45, 7) is 2.49. The molecule has 1 amide bonds. The van der Waals surface area contributed by atoms with Crippen molar-refractivity contribution < 1.29 is 13.9 Å². The van der Waals surface area contributed by atoms with E-state index < -0.39 is 0 Å². The lowest BCUT2D eigenvalue weighted by atomic mass is 10.3. The van der Waals surface area contributed by atoms with Gasteiger partial charge in [0, 0.05) is 23.8 Å². The number of nitrogens with zero attached hydrogens (tertiary/aromatic N) is 4. The Bertz CT molecular complexity index is 1020. The van der Waals surface area contributed by atoms with Crippen LogP contribution in [0.2, 0.25) is 5.02 Å². The van der Waals surface area contributed by atoms with Crippen LogP contribution in [-0.2, 0) is 9.53 Å². The van der Waals surface area contributed by atoms with E-state index in [1.807, 2.05) is 4.90 Å². The minimum Gasteiger partial charge on any atom is -0.378 e. The summed E-state index contributed by atoms with van der Waals surface area (Å²) >= 11 is 7.10. The van der Waals surface area contributed by atoms with Crippen LogP contribution in [0.1, 0.15) is 0 Å². The SMILES string of the molecule is O=C(CSc1nnc(N2CCOCC2)n1-c1cccc(F)c1)Nc1ccc(Cl)cc1. The molecule has 7 nitrogen and oxygen atoms in total. The van der Waals surface area contributed by atoms with Crippen LogP contribution >= 0.6 is 23.4 Å². The fourth-order valence-corrected chi connectivity index (χ4v) is 3.90. The Balaban J connectivity index is 1.54. The number of ether oxygens (including phenoxy) is 1. The number of hydrogen-bond acceptors (Lipinski definition) is 6. The molecule has 1 aliphatic heterocycles. The molecule has 1 fully saturated rings. The fourth-order valence-electron chi connectivity index (χ4n) is 3.03. The smallest absolute Gasteiger partial charge is 0.234 e. The van der Waals surface area contributed by atoms with Gasteiger partial charge in [-0.15, -0.1) is 10.2 Å². The highest BCUT2D eigenvalue weighted by atomic mass is 35.5. The topological polar surface area (TPSA) is 72.3 Å². The number of carbonyl (C=O) groups is 1. The zero-order valence-corrected chi connectivity index (χ0v) is 17.5. The lowest BCUT2D eigenvalue weighted by Crippen LogP contribution is -2.37. The average molecular weight is 448 g/mol. The molecular formula is C20H19ClFN5O2S. The summed E-state index contributed by atoms with van der Waals surface area (Å²) in [5, 5.41) is 12.5. The zero-order chi connectivity index (χ0) is 20.9. The minimum atomic E-state index is -0.356. The number of halogens is 2. The van der Waals surface area contributed by atoms with Gasteiger partial charge in [-0.1, -0.05) is 29.4 Å². The molecule has 0 spiro atoms. The number of amides is 1. The summed E-state index contributed by atoms with van der Waals surface area (Å²) in [6, 6.07) is 13.1. The molecule has 0 atom stereocenters. The third-order valence-corrected chi connectivity index (χ3v) is 5.62. The van der Waals surface area contributed by atoms with E-state index in [1.165, 1.54) is 23.9 Å². The van der Waals surface area contributed by atoms with Crippen molar-refractivity contribution in [3.8, 4) is 5.69 Å². The second-order valence-electron chi connectivity index (χ2n) is 6.54. The first kappa shape index (κ1) is 20.6. The van der Waals surface area contributed by atoms with E-state index in [4.69, 9.17) is 16.3 Å². The van der Waals surface area contributed by atoms with Crippen LogP contribution in [0.5, 0.6) is 0 Å². The first-order chi connectivity index (χ1) is 14.6. The van der Waals surface area contributed by atoms with E-state index in [9.17, 15) is 9.18 Å². The highest BCUT2D eigenvalue weighted by Gasteiger charge is 2.22.